The molecule has 6 heteroatoms. The van der Waals surface area contributed by atoms with E-state index in [0.717, 1.165) is 21.8 Å². The van der Waals surface area contributed by atoms with Crippen LogP contribution in [0.2, 0.25) is 0 Å². The molecule has 3 aromatic rings. The highest BCUT2D eigenvalue weighted by Crippen LogP contribution is 2.31. The molecule has 2 aromatic carbocycles. The first-order valence-corrected chi connectivity index (χ1v) is 6.93. The van der Waals surface area contributed by atoms with Crippen molar-refractivity contribution in [1.82, 2.24) is 20.2 Å². The molecular weight excluding hydrogens is 270 g/mol. The highest BCUT2D eigenvalue weighted by molar-refractivity contribution is 7.99. The summed E-state index contributed by atoms with van der Waals surface area (Å²) in [6, 6.07) is 15.7. The van der Waals surface area contributed by atoms with Crippen molar-refractivity contribution in [2.75, 3.05) is 5.73 Å². The Kier molecular flexibility index (Phi) is 3.39. The van der Waals surface area contributed by atoms with Crippen LogP contribution in [0.1, 0.15) is 5.56 Å². The number of tetrazole rings is 1. The van der Waals surface area contributed by atoms with E-state index in [9.17, 15) is 0 Å². The van der Waals surface area contributed by atoms with Crippen molar-refractivity contribution in [3.8, 4) is 5.69 Å². The highest BCUT2D eigenvalue weighted by atomic mass is 32.2. The Labute approximate surface area is 120 Å². The van der Waals surface area contributed by atoms with Crippen molar-refractivity contribution in [2.24, 2.45) is 0 Å². The van der Waals surface area contributed by atoms with E-state index in [0.29, 0.717) is 5.16 Å². The van der Waals surface area contributed by atoms with Crippen molar-refractivity contribution in [1.29, 1.82) is 0 Å². The molecule has 0 unspecified atom stereocenters. The van der Waals surface area contributed by atoms with Gasteiger partial charge < -0.3 is 5.73 Å². The molecule has 0 radical (unpaired) electrons. The summed E-state index contributed by atoms with van der Waals surface area (Å²) >= 11 is 1.45. The fraction of sp³-hybridized carbons (Fsp3) is 0.0714. The summed E-state index contributed by atoms with van der Waals surface area (Å²) in [5, 5.41) is 12.5. The summed E-state index contributed by atoms with van der Waals surface area (Å²) in [6.07, 6.45) is 0. The van der Waals surface area contributed by atoms with Gasteiger partial charge in [0.15, 0.2) is 0 Å². The van der Waals surface area contributed by atoms with Gasteiger partial charge in [0.1, 0.15) is 0 Å². The number of nitrogens with two attached hydrogens (primary N) is 1. The number of nitrogen functional groups attached to an aromatic ring is 1. The third kappa shape index (κ3) is 2.50. The molecule has 3 rings (SSSR count). The number of aryl methyl sites for hydroxylation is 1. The average Bonchev–Trinajstić information content (AvgIpc) is 2.91. The molecule has 0 aliphatic carbocycles. The Bertz CT molecular complexity index is 723. The lowest BCUT2D eigenvalue weighted by Crippen LogP contribution is -1.99. The second kappa shape index (κ2) is 5.34. The van der Waals surface area contributed by atoms with Gasteiger partial charge >= 0.3 is 0 Å². The van der Waals surface area contributed by atoms with E-state index >= 15 is 0 Å². The predicted octanol–water partition coefficient (Wildman–Crippen LogP) is 2.70. The van der Waals surface area contributed by atoms with Crippen molar-refractivity contribution < 1.29 is 0 Å². The van der Waals surface area contributed by atoms with Gasteiger partial charge in [0.05, 0.1) is 5.69 Å². The summed E-state index contributed by atoms with van der Waals surface area (Å²) in [5.41, 5.74) is 8.82. The second-order valence-electron chi connectivity index (χ2n) is 4.35. The fourth-order valence-electron chi connectivity index (χ4n) is 1.83. The number of rotatable bonds is 3. The zero-order valence-corrected chi connectivity index (χ0v) is 11.7. The Morgan fingerprint density at radius 3 is 2.65 bits per heavy atom. The number of hydrogen-bond acceptors (Lipinski definition) is 5. The van der Waals surface area contributed by atoms with E-state index < -0.39 is 0 Å². The first-order valence-electron chi connectivity index (χ1n) is 6.12. The minimum Gasteiger partial charge on any atom is -0.398 e. The Hall–Kier alpha value is -2.34. The van der Waals surface area contributed by atoms with Crippen molar-refractivity contribution in [3.05, 3.63) is 54.1 Å². The minimum absolute atomic E-state index is 0.687. The zero-order valence-electron chi connectivity index (χ0n) is 10.9. The molecule has 0 aliphatic heterocycles. The Morgan fingerprint density at radius 2 is 1.90 bits per heavy atom. The predicted molar refractivity (Wildman–Crippen MR) is 78.9 cm³/mol. The van der Waals surface area contributed by atoms with E-state index in [-0.39, 0.29) is 0 Å². The highest BCUT2D eigenvalue weighted by Gasteiger charge is 2.11. The lowest BCUT2D eigenvalue weighted by atomic mass is 10.2. The zero-order chi connectivity index (χ0) is 13.9. The Balaban J connectivity index is 1.95. The van der Waals surface area contributed by atoms with Gasteiger partial charge in [-0.15, -0.1) is 5.10 Å². The average molecular weight is 283 g/mol. The summed E-state index contributed by atoms with van der Waals surface area (Å²) in [6.45, 7) is 2.01. The van der Waals surface area contributed by atoms with Crippen LogP contribution in [0, 0.1) is 6.92 Å². The van der Waals surface area contributed by atoms with E-state index in [2.05, 4.69) is 15.5 Å². The third-order valence-corrected chi connectivity index (χ3v) is 3.84. The monoisotopic (exact) mass is 283 g/mol. The van der Waals surface area contributed by atoms with Crippen LogP contribution in [0.4, 0.5) is 5.69 Å². The largest absolute Gasteiger partial charge is 0.398 e. The summed E-state index contributed by atoms with van der Waals surface area (Å²) in [5.74, 6) is 0. The van der Waals surface area contributed by atoms with Crippen LogP contribution in [0.5, 0.6) is 0 Å². The lowest BCUT2D eigenvalue weighted by Gasteiger charge is -2.06. The van der Waals surface area contributed by atoms with Crippen LogP contribution in [0.15, 0.2) is 58.6 Å². The van der Waals surface area contributed by atoms with E-state index in [1.54, 1.807) is 4.68 Å². The fourth-order valence-corrected chi connectivity index (χ4v) is 2.65. The molecule has 0 saturated carbocycles. The number of hydrogen-bond donors (Lipinski definition) is 1. The Morgan fingerprint density at radius 1 is 1.10 bits per heavy atom. The first kappa shape index (κ1) is 12.7. The first-order chi connectivity index (χ1) is 9.74. The minimum atomic E-state index is 0.687. The molecule has 0 saturated heterocycles. The number of nitrogens with zero attached hydrogens (tertiary/aromatic N) is 4. The lowest BCUT2D eigenvalue weighted by molar-refractivity contribution is 0.756. The topological polar surface area (TPSA) is 69.6 Å². The van der Waals surface area contributed by atoms with Gasteiger partial charge in [-0.25, -0.2) is 0 Å². The van der Waals surface area contributed by atoms with Crippen molar-refractivity contribution in [3.63, 3.8) is 0 Å². The maximum absolute atomic E-state index is 6.03. The van der Waals surface area contributed by atoms with Crippen LogP contribution >= 0.6 is 11.8 Å². The van der Waals surface area contributed by atoms with Crippen molar-refractivity contribution in [2.45, 2.75) is 17.0 Å². The van der Waals surface area contributed by atoms with Gasteiger partial charge in [-0.3, -0.25) is 0 Å². The standard InChI is InChI=1S/C14H13N5S/c1-10-7-8-13(12(15)9-10)20-14-16-17-18-19(14)11-5-3-2-4-6-11/h2-9H,15H2,1H3. The molecule has 20 heavy (non-hydrogen) atoms. The molecule has 0 aliphatic rings. The molecule has 5 nitrogen and oxygen atoms in total. The van der Waals surface area contributed by atoms with Gasteiger partial charge in [0, 0.05) is 10.6 Å². The van der Waals surface area contributed by atoms with E-state index in [1.807, 2.05) is 55.5 Å². The number of para-hydroxylation sites is 1. The molecule has 0 amide bonds. The third-order valence-electron chi connectivity index (χ3n) is 2.81. The van der Waals surface area contributed by atoms with Gasteiger partial charge in [0.2, 0.25) is 5.16 Å². The molecule has 0 spiro atoms. The molecule has 1 heterocycles. The quantitative estimate of drug-likeness (QED) is 0.748. The van der Waals surface area contributed by atoms with Gasteiger partial charge in [-0.2, -0.15) is 4.68 Å². The summed E-state index contributed by atoms with van der Waals surface area (Å²) < 4.78 is 1.70. The van der Waals surface area contributed by atoms with Gasteiger partial charge in [-0.05, 0) is 58.9 Å². The van der Waals surface area contributed by atoms with Gasteiger partial charge in [-0.1, -0.05) is 24.3 Å². The smallest absolute Gasteiger partial charge is 0.218 e. The molecule has 2 N–H and O–H groups in total. The maximum Gasteiger partial charge on any atom is 0.218 e. The number of benzene rings is 2. The molecule has 1 aromatic heterocycles. The summed E-state index contributed by atoms with van der Waals surface area (Å²) in [7, 11) is 0. The van der Waals surface area contributed by atoms with Crippen LogP contribution < -0.4 is 5.73 Å². The summed E-state index contributed by atoms with van der Waals surface area (Å²) in [4.78, 5) is 0.947. The van der Waals surface area contributed by atoms with Crippen LogP contribution in [0.25, 0.3) is 5.69 Å². The molecular formula is C14H13N5S. The molecule has 100 valence electrons. The SMILES string of the molecule is Cc1ccc(Sc2nnnn2-c2ccccc2)c(N)c1. The van der Waals surface area contributed by atoms with E-state index in [1.165, 1.54) is 11.8 Å². The maximum atomic E-state index is 6.03. The number of aromatic nitrogens is 4. The van der Waals surface area contributed by atoms with Crippen molar-refractivity contribution >= 4 is 17.4 Å². The molecule has 0 bridgehead atoms. The molecule has 0 atom stereocenters. The number of anilines is 1. The second-order valence-corrected chi connectivity index (χ2v) is 5.36. The van der Waals surface area contributed by atoms with Crippen LogP contribution in [-0.2, 0) is 0 Å². The molecule has 0 fully saturated rings. The van der Waals surface area contributed by atoms with Gasteiger partial charge in [0.25, 0.3) is 0 Å². The van der Waals surface area contributed by atoms with Crippen LogP contribution in [-0.4, -0.2) is 20.2 Å². The van der Waals surface area contributed by atoms with E-state index in [4.69, 9.17) is 5.73 Å². The van der Waals surface area contributed by atoms with Crippen LogP contribution in [0.3, 0.4) is 0 Å². The normalized spacial score (nSPS) is 10.7.